The van der Waals surface area contributed by atoms with Crippen molar-refractivity contribution in [2.24, 2.45) is 28.6 Å². The Hall–Kier alpha value is -2.11. The summed E-state index contributed by atoms with van der Waals surface area (Å²) < 4.78 is 11.1. The van der Waals surface area contributed by atoms with Crippen molar-refractivity contribution >= 4 is 17.9 Å². The third kappa shape index (κ3) is 7.44. The molecule has 5 atom stereocenters. The average Bonchev–Trinajstić information content (AvgIpc) is 2.74. The zero-order valence-electron chi connectivity index (χ0n) is 22.8. The van der Waals surface area contributed by atoms with Gasteiger partial charge in [-0.15, -0.1) is 0 Å². The van der Waals surface area contributed by atoms with E-state index in [-0.39, 0.29) is 22.9 Å². The van der Waals surface area contributed by atoms with Gasteiger partial charge in [0.15, 0.2) is 0 Å². The zero-order chi connectivity index (χ0) is 26.4. The van der Waals surface area contributed by atoms with E-state index in [1.54, 1.807) is 0 Å². The second-order valence-electron chi connectivity index (χ2n) is 11.7. The lowest BCUT2D eigenvalue weighted by Crippen LogP contribution is -2.55. The summed E-state index contributed by atoms with van der Waals surface area (Å²) in [5.74, 6) is -0.823. The highest BCUT2D eigenvalue weighted by Crippen LogP contribution is 2.61. The number of aliphatic carboxylic acids is 1. The van der Waals surface area contributed by atoms with E-state index in [1.165, 1.54) is 11.1 Å². The maximum Gasteiger partial charge on any atom is 0.317 e. The Labute approximate surface area is 211 Å². The number of allylic oxidation sites excluding steroid dienone is 3. The number of carbonyl (C=O) groups excluding carboxylic acids is 2. The molecule has 6 heteroatoms. The van der Waals surface area contributed by atoms with Crippen LogP contribution < -0.4 is 0 Å². The van der Waals surface area contributed by atoms with Crippen molar-refractivity contribution in [3.05, 3.63) is 23.3 Å². The quantitative estimate of drug-likeness (QED) is 0.202. The molecule has 2 aliphatic rings. The summed E-state index contributed by atoms with van der Waals surface area (Å²) in [5.41, 5.74) is 2.50. The van der Waals surface area contributed by atoms with Crippen molar-refractivity contribution < 1.29 is 29.0 Å². The van der Waals surface area contributed by atoms with Gasteiger partial charge in [0, 0.05) is 11.8 Å². The largest absolute Gasteiger partial charge is 0.481 e. The first-order chi connectivity index (χ1) is 16.3. The Bertz CT molecular complexity index is 838. The molecular weight excluding hydrogens is 444 g/mol. The van der Waals surface area contributed by atoms with Crippen LogP contribution in [0, 0.1) is 28.6 Å². The molecule has 0 amide bonds. The SMILES string of the molecule is CCC(C)CC(=O)OCC=C(C)CCC1C(C)=CCC2C(C)(C)C(OC(=O)CC(=O)O)CCC12C. The van der Waals surface area contributed by atoms with Crippen LogP contribution in [-0.4, -0.2) is 35.7 Å². The molecule has 1 N–H and O–H groups in total. The lowest BCUT2D eigenvalue weighted by molar-refractivity contribution is -0.176. The molecule has 5 unspecified atom stereocenters. The van der Waals surface area contributed by atoms with Crippen LogP contribution in [0.4, 0.5) is 0 Å². The Morgan fingerprint density at radius 2 is 1.91 bits per heavy atom. The normalized spacial score (nSPS) is 28.9. The van der Waals surface area contributed by atoms with Gasteiger partial charge >= 0.3 is 17.9 Å². The van der Waals surface area contributed by atoms with Crippen molar-refractivity contribution in [1.82, 2.24) is 0 Å². The van der Waals surface area contributed by atoms with Crippen molar-refractivity contribution in [3.8, 4) is 0 Å². The number of esters is 2. The molecule has 0 aromatic carbocycles. The maximum absolute atomic E-state index is 12.1. The first-order valence-electron chi connectivity index (χ1n) is 13.2. The summed E-state index contributed by atoms with van der Waals surface area (Å²) in [6.45, 7) is 15.5. The Balaban J connectivity index is 2.02. The molecular formula is C29H46O6. The van der Waals surface area contributed by atoms with Crippen LogP contribution in [0.25, 0.3) is 0 Å². The van der Waals surface area contributed by atoms with Gasteiger partial charge < -0.3 is 14.6 Å². The third-order valence-electron chi connectivity index (χ3n) is 8.78. The van der Waals surface area contributed by atoms with Crippen molar-refractivity contribution in [1.29, 1.82) is 0 Å². The summed E-state index contributed by atoms with van der Waals surface area (Å²) in [7, 11) is 0. The minimum Gasteiger partial charge on any atom is -0.481 e. The molecule has 0 saturated heterocycles. The predicted molar refractivity (Wildman–Crippen MR) is 137 cm³/mol. The molecule has 0 aromatic rings. The Morgan fingerprint density at radius 1 is 1.23 bits per heavy atom. The molecule has 0 aromatic heterocycles. The first kappa shape index (κ1) is 29.1. The number of hydrogen-bond donors (Lipinski definition) is 1. The molecule has 1 saturated carbocycles. The predicted octanol–water partition coefficient (Wildman–Crippen LogP) is 6.49. The Kier molecular flexibility index (Phi) is 10.2. The second kappa shape index (κ2) is 12.2. The van der Waals surface area contributed by atoms with E-state index in [0.29, 0.717) is 30.8 Å². The van der Waals surface area contributed by atoms with Gasteiger partial charge in [-0.2, -0.15) is 0 Å². The summed E-state index contributed by atoms with van der Waals surface area (Å²) in [4.78, 5) is 34.9. The number of rotatable bonds is 11. The van der Waals surface area contributed by atoms with Crippen LogP contribution in [0.5, 0.6) is 0 Å². The topological polar surface area (TPSA) is 89.9 Å². The number of fused-ring (bicyclic) bond motifs is 1. The average molecular weight is 491 g/mol. The fourth-order valence-corrected chi connectivity index (χ4v) is 6.35. The molecule has 198 valence electrons. The van der Waals surface area contributed by atoms with Crippen LogP contribution in [0.15, 0.2) is 23.3 Å². The van der Waals surface area contributed by atoms with E-state index >= 15 is 0 Å². The Morgan fingerprint density at radius 3 is 2.54 bits per heavy atom. The highest BCUT2D eigenvalue weighted by Gasteiger charge is 2.56. The van der Waals surface area contributed by atoms with Crippen LogP contribution in [0.1, 0.15) is 99.8 Å². The van der Waals surface area contributed by atoms with E-state index in [1.807, 2.05) is 6.08 Å². The van der Waals surface area contributed by atoms with Gasteiger partial charge in [0.25, 0.3) is 0 Å². The smallest absolute Gasteiger partial charge is 0.317 e. The summed E-state index contributed by atoms with van der Waals surface area (Å²) in [5, 5.41) is 8.93. The van der Waals surface area contributed by atoms with Gasteiger partial charge in [0.1, 0.15) is 19.1 Å². The molecule has 1 fully saturated rings. The van der Waals surface area contributed by atoms with Crippen molar-refractivity contribution in [2.45, 2.75) is 106 Å². The van der Waals surface area contributed by atoms with E-state index in [4.69, 9.17) is 14.6 Å². The molecule has 2 rings (SSSR count). The zero-order valence-corrected chi connectivity index (χ0v) is 22.8. The fraction of sp³-hybridized carbons (Fsp3) is 0.759. The van der Waals surface area contributed by atoms with Crippen LogP contribution >= 0.6 is 0 Å². The van der Waals surface area contributed by atoms with E-state index in [9.17, 15) is 14.4 Å². The molecule has 0 radical (unpaired) electrons. The van der Waals surface area contributed by atoms with Crippen LogP contribution in [0.2, 0.25) is 0 Å². The lowest BCUT2D eigenvalue weighted by atomic mass is 9.47. The monoisotopic (exact) mass is 490 g/mol. The van der Waals surface area contributed by atoms with Crippen LogP contribution in [-0.2, 0) is 23.9 Å². The highest BCUT2D eigenvalue weighted by atomic mass is 16.5. The number of carboxylic acid groups (broad SMARTS) is 1. The molecule has 35 heavy (non-hydrogen) atoms. The minimum atomic E-state index is -1.15. The number of ether oxygens (including phenoxy) is 2. The standard InChI is InChI=1S/C29H46O6/c1-8-19(2)17-26(32)34-16-14-20(3)9-11-22-21(4)10-12-23-28(5,6)24(13-15-29(22,23)7)35-27(33)18-25(30)31/h10,14,19,22-24H,8-9,11-13,15-18H2,1-7H3,(H,30,31). The molecule has 0 bridgehead atoms. The molecule has 0 aliphatic heterocycles. The van der Waals surface area contributed by atoms with Gasteiger partial charge in [-0.05, 0) is 75.2 Å². The van der Waals surface area contributed by atoms with Gasteiger partial charge in [-0.3, -0.25) is 14.4 Å². The van der Waals surface area contributed by atoms with Crippen molar-refractivity contribution in [2.75, 3.05) is 6.61 Å². The fourth-order valence-electron chi connectivity index (χ4n) is 6.35. The van der Waals surface area contributed by atoms with Crippen LogP contribution in [0.3, 0.4) is 0 Å². The number of hydrogen-bond acceptors (Lipinski definition) is 5. The third-order valence-corrected chi connectivity index (χ3v) is 8.78. The van der Waals surface area contributed by atoms with Gasteiger partial charge in [-0.25, -0.2) is 0 Å². The summed E-state index contributed by atoms with van der Waals surface area (Å²) in [6, 6.07) is 0. The minimum absolute atomic E-state index is 0.0844. The van der Waals surface area contributed by atoms with E-state index < -0.39 is 18.4 Å². The second-order valence-corrected chi connectivity index (χ2v) is 11.7. The van der Waals surface area contributed by atoms with Crippen molar-refractivity contribution in [3.63, 3.8) is 0 Å². The molecule has 0 heterocycles. The van der Waals surface area contributed by atoms with Gasteiger partial charge in [0.05, 0.1) is 0 Å². The molecule has 0 spiro atoms. The number of carbonyl (C=O) groups is 3. The molecule has 2 aliphatic carbocycles. The summed E-state index contributed by atoms with van der Waals surface area (Å²) in [6.07, 6.45) is 9.55. The number of carboxylic acids is 1. The lowest BCUT2D eigenvalue weighted by Gasteiger charge is -2.59. The summed E-state index contributed by atoms with van der Waals surface area (Å²) >= 11 is 0. The first-order valence-corrected chi connectivity index (χ1v) is 13.2. The van der Waals surface area contributed by atoms with Gasteiger partial charge in [-0.1, -0.05) is 58.3 Å². The highest BCUT2D eigenvalue weighted by molar-refractivity contribution is 5.90. The van der Waals surface area contributed by atoms with E-state index in [0.717, 1.165) is 38.5 Å². The van der Waals surface area contributed by atoms with E-state index in [2.05, 4.69) is 54.5 Å². The molecule has 6 nitrogen and oxygen atoms in total. The maximum atomic E-state index is 12.1. The van der Waals surface area contributed by atoms with Gasteiger partial charge in [0.2, 0.25) is 0 Å².